The minimum absolute atomic E-state index is 0.0190. The first kappa shape index (κ1) is 17.6. The molecule has 142 valence electrons. The molecule has 4 rings (SSSR count). The molecule has 2 fully saturated rings. The molecule has 0 amide bonds. The number of aliphatic imine (C=N–C) groups is 1. The van der Waals surface area contributed by atoms with Crippen molar-refractivity contribution in [3.8, 4) is 0 Å². The summed E-state index contributed by atoms with van der Waals surface area (Å²) < 4.78 is 5.24. The lowest BCUT2D eigenvalue weighted by Crippen LogP contribution is -2.41. The standard InChI is InChI=1S/C20H30N4O2/c1-5-26-19(25)15-13-20(15)9-6-14(7-10-20)16-12-18(22(2)3)24-17(21-16)8-11-23(24)4/h8,12,14-15H,5-7,9-11,13H2,1-4H3. The number of hydrazine groups is 1. The lowest BCUT2D eigenvalue weighted by atomic mass is 9.76. The minimum atomic E-state index is 0.0190. The van der Waals surface area contributed by atoms with Gasteiger partial charge in [-0.2, -0.15) is 0 Å². The normalized spacial score (nSPS) is 33.4. The summed E-state index contributed by atoms with van der Waals surface area (Å²) in [5.41, 5.74) is 1.43. The van der Waals surface area contributed by atoms with Gasteiger partial charge in [-0.15, -0.1) is 0 Å². The quantitative estimate of drug-likeness (QED) is 0.723. The molecule has 4 aliphatic rings. The van der Waals surface area contributed by atoms with Gasteiger partial charge in [-0.25, -0.2) is 15.0 Å². The van der Waals surface area contributed by atoms with Crippen molar-refractivity contribution in [2.75, 3.05) is 34.3 Å². The van der Waals surface area contributed by atoms with Gasteiger partial charge >= 0.3 is 5.97 Å². The maximum Gasteiger partial charge on any atom is 0.309 e. The first-order valence-electron chi connectivity index (χ1n) is 9.81. The SMILES string of the molecule is CCOC(=O)C1CC12CCC(C1=NC3=CCN(C)N3C(N(C)C)=C1)CC2. The zero-order chi connectivity index (χ0) is 18.5. The molecule has 0 bridgehead atoms. The highest BCUT2D eigenvalue weighted by Crippen LogP contribution is 2.62. The van der Waals surface area contributed by atoms with E-state index in [9.17, 15) is 4.79 Å². The van der Waals surface area contributed by atoms with Crippen LogP contribution < -0.4 is 0 Å². The zero-order valence-corrected chi connectivity index (χ0v) is 16.4. The number of carbonyl (C=O) groups is 1. The maximum atomic E-state index is 12.1. The van der Waals surface area contributed by atoms with Gasteiger partial charge in [-0.3, -0.25) is 4.79 Å². The molecule has 6 heteroatoms. The number of hydrogen-bond acceptors (Lipinski definition) is 6. The molecule has 1 atom stereocenters. The topological polar surface area (TPSA) is 48.4 Å². The van der Waals surface area contributed by atoms with E-state index in [2.05, 4.69) is 48.2 Å². The second-order valence-electron chi connectivity index (χ2n) is 8.29. The van der Waals surface area contributed by atoms with Gasteiger partial charge < -0.3 is 9.64 Å². The summed E-state index contributed by atoms with van der Waals surface area (Å²) in [7, 11) is 6.26. The van der Waals surface area contributed by atoms with Crippen molar-refractivity contribution in [2.24, 2.45) is 22.2 Å². The fourth-order valence-corrected chi connectivity index (χ4v) is 4.79. The summed E-state index contributed by atoms with van der Waals surface area (Å²) in [6.45, 7) is 3.27. The van der Waals surface area contributed by atoms with Crippen molar-refractivity contribution in [1.29, 1.82) is 0 Å². The molecular formula is C20H30N4O2. The van der Waals surface area contributed by atoms with Crippen LogP contribution in [0.3, 0.4) is 0 Å². The number of rotatable bonds is 4. The number of likely N-dealkylation sites (N-methyl/N-ethyl adjacent to an activating group) is 1. The summed E-state index contributed by atoms with van der Waals surface area (Å²) in [6.07, 6.45) is 9.94. The number of fused-ring (bicyclic) bond motifs is 1. The first-order chi connectivity index (χ1) is 12.4. The monoisotopic (exact) mass is 358 g/mol. The van der Waals surface area contributed by atoms with E-state index in [1.807, 2.05) is 6.92 Å². The summed E-state index contributed by atoms with van der Waals surface area (Å²) in [5, 5.41) is 4.37. The molecule has 26 heavy (non-hydrogen) atoms. The van der Waals surface area contributed by atoms with E-state index in [-0.39, 0.29) is 17.3 Å². The van der Waals surface area contributed by atoms with Crippen LogP contribution in [0.2, 0.25) is 0 Å². The van der Waals surface area contributed by atoms with Crippen LogP contribution in [0.5, 0.6) is 0 Å². The molecule has 2 aliphatic carbocycles. The molecule has 0 saturated heterocycles. The third-order valence-corrected chi connectivity index (χ3v) is 6.45. The van der Waals surface area contributed by atoms with Crippen LogP contribution in [-0.4, -0.2) is 60.9 Å². The van der Waals surface area contributed by atoms with Crippen molar-refractivity contribution in [2.45, 2.75) is 39.0 Å². The highest BCUT2D eigenvalue weighted by molar-refractivity contribution is 5.99. The second-order valence-corrected chi connectivity index (χ2v) is 8.29. The van der Waals surface area contributed by atoms with Gasteiger partial charge in [0.05, 0.1) is 12.5 Å². The number of ether oxygens (including phenoxy) is 1. The Morgan fingerprint density at radius 1 is 1.38 bits per heavy atom. The van der Waals surface area contributed by atoms with Crippen LogP contribution in [0.1, 0.15) is 39.0 Å². The highest BCUT2D eigenvalue weighted by atomic mass is 16.5. The van der Waals surface area contributed by atoms with E-state index >= 15 is 0 Å². The fourth-order valence-electron chi connectivity index (χ4n) is 4.79. The minimum Gasteiger partial charge on any atom is -0.466 e. The molecule has 2 aliphatic heterocycles. The molecule has 0 aromatic carbocycles. The van der Waals surface area contributed by atoms with Crippen molar-refractivity contribution >= 4 is 11.7 Å². The Kier molecular flexibility index (Phi) is 4.34. The average molecular weight is 358 g/mol. The van der Waals surface area contributed by atoms with Crippen molar-refractivity contribution in [3.05, 3.63) is 23.8 Å². The summed E-state index contributed by atoms with van der Waals surface area (Å²) in [4.78, 5) is 19.2. The smallest absolute Gasteiger partial charge is 0.309 e. The zero-order valence-electron chi connectivity index (χ0n) is 16.4. The first-order valence-corrected chi connectivity index (χ1v) is 9.81. The largest absolute Gasteiger partial charge is 0.466 e. The molecule has 2 saturated carbocycles. The van der Waals surface area contributed by atoms with E-state index in [0.717, 1.165) is 44.5 Å². The third-order valence-electron chi connectivity index (χ3n) is 6.45. The van der Waals surface area contributed by atoms with Gasteiger partial charge in [-0.05, 0) is 50.5 Å². The molecule has 0 N–H and O–H groups in total. The predicted molar refractivity (Wildman–Crippen MR) is 101 cm³/mol. The Balaban J connectivity index is 1.45. The van der Waals surface area contributed by atoms with E-state index < -0.39 is 0 Å². The Morgan fingerprint density at radius 3 is 2.77 bits per heavy atom. The number of esters is 1. The Bertz CT molecular complexity index is 686. The van der Waals surface area contributed by atoms with Gasteiger partial charge in [-0.1, -0.05) is 0 Å². The molecule has 6 nitrogen and oxygen atoms in total. The lowest BCUT2D eigenvalue weighted by molar-refractivity contribution is -0.145. The average Bonchev–Trinajstić information content (AvgIpc) is 3.20. The van der Waals surface area contributed by atoms with E-state index in [1.165, 1.54) is 11.5 Å². The lowest BCUT2D eigenvalue weighted by Gasteiger charge is -2.38. The van der Waals surface area contributed by atoms with Crippen LogP contribution in [0.25, 0.3) is 0 Å². The van der Waals surface area contributed by atoms with Gasteiger partial charge in [0, 0.05) is 45.4 Å². The van der Waals surface area contributed by atoms with E-state index in [0.29, 0.717) is 12.5 Å². The highest BCUT2D eigenvalue weighted by Gasteiger charge is 2.59. The predicted octanol–water partition coefficient (Wildman–Crippen LogP) is 2.61. The van der Waals surface area contributed by atoms with E-state index in [4.69, 9.17) is 9.73 Å². The van der Waals surface area contributed by atoms with Crippen LogP contribution in [0, 0.1) is 17.3 Å². The molecule has 0 aromatic rings. The van der Waals surface area contributed by atoms with Gasteiger partial charge in [0.1, 0.15) is 11.6 Å². The van der Waals surface area contributed by atoms with Crippen LogP contribution >= 0.6 is 0 Å². The number of carbonyl (C=O) groups excluding carboxylic acids is 1. The van der Waals surface area contributed by atoms with Crippen LogP contribution in [0.4, 0.5) is 0 Å². The molecule has 2 heterocycles. The molecule has 0 radical (unpaired) electrons. The van der Waals surface area contributed by atoms with Crippen molar-refractivity contribution in [1.82, 2.24) is 14.9 Å². The maximum absolute atomic E-state index is 12.1. The summed E-state index contributed by atoms with van der Waals surface area (Å²) in [5.74, 6) is 2.88. The molecular weight excluding hydrogens is 328 g/mol. The Labute approximate surface area is 156 Å². The van der Waals surface area contributed by atoms with Crippen molar-refractivity contribution < 1.29 is 9.53 Å². The van der Waals surface area contributed by atoms with Crippen molar-refractivity contribution in [3.63, 3.8) is 0 Å². The molecule has 1 spiro atoms. The molecule has 0 aromatic heterocycles. The summed E-state index contributed by atoms with van der Waals surface area (Å²) in [6, 6.07) is 0. The second kappa shape index (κ2) is 6.41. The summed E-state index contributed by atoms with van der Waals surface area (Å²) >= 11 is 0. The number of hydrogen-bond donors (Lipinski definition) is 0. The fraction of sp³-hybridized carbons (Fsp3) is 0.700. The van der Waals surface area contributed by atoms with Gasteiger partial charge in [0.2, 0.25) is 0 Å². The third kappa shape index (κ3) is 2.84. The molecule has 1 unspecified atom stereocenters. The van der Waals surface area contributed by atoms with Gasteiger partial charge in [0.25, 0.3) is 0 Å². The number of allylic oxidation sites excluding steroid dienone is 1. The van der Waals surface area contributed by atoms with E-state index in [1.54, 1.807) is 0 Å². The van der Waals surface area contributed by atoms with Crippen LogP contribution in [0.15, 0.2) is 28.8 Å². The van der Waals surface area contributed by atoms with Crippen LogP contribution in [-0.2, 0) is 9.53 Å². The Morgan fingerprint density at radius 2 is 2.12 bits per heavy atom. The Hall–Kier alpha value is -1.82. The van der Waals surface area contributed by atoms with Gasteiger partial charge in [0.15, 0.2) is 0 Å². The number of nitrogens with zero attached hydrogens (tertiary/aromatic N) is 4.